The summed E-state index contributed by atoms with van der Waals surface area (Å²) in [6.07, 6.45) is 0. The molecule has 1 aromatic carbocycles. The molecule has 2 rings (SSSR count). The summed E-state index contributed by atoms with van der Waals surface area (Å²) in [6.45, 7) is 0.217. The first kappa shape index (κ1) is 14.8. The van der Waals surface area contributed by atoms with Crippen LogP contribution in [0.25, 0.3) is 0 Å². The van der Waals surface area contributed by atoms with Gasteiger partial charge in [-0.25, -0.2) is 17.2 Å². The van der Waals surface area contributed by atoms with Gasteiger partial charge in [0, 0.05) is 18.2 Å². The second-order valence-electron chi connectivity index (χ2n) is 4.32. The summed E-state index contributed by atoms with van der Waals surface area (Å²) in [5.74, 6) is -2.31. The van der Waals surface area contributed by atoms with E-state index in [1.54, 1.807) is 0 Å². The Balaban J connectivity index is 2.24. The van der Waals surface area contributed by atoms with Crippen LogP contribution in [0.15, 0.2) is 18.2 Å². The number of halogens is 2. The van der Waals surface area contributed by atoms with E-state index < -0.39 is 33.5 Å². The molecule has 0 radical (unpaired) electrons. The lowest BCUT2D eigenvalue weighted by Crippen LogP contribution is -2.48. The van der Waals surface area contributed by atoms with Crippen molar-refractivity contribution in [3.8, 4) is 6.07 Å². The van der Waals surface area contributed by atoms with Crippen molar-refractivity contribution in [2.75, 3.05) is 19.8 Å². The third-order valence-corrected chi connectivity index (χ3v) is 4.77. The summed E-state index contributed by atoms with van der Waals surface area (Å²) in [4.78, 5) is 0. The highest BCUT2D eigenvalue weighted by atomic mass is 32.2. The molecule has 1 fully saturated rings. The van der Waals surface area contributed by atoms with E-state index in [4.69, 9.17) is 10.00 Å². The molecule has 1 aromatic rings. The van der Waals surface area contributed by atoms with Crippen molar-refractivity contribution in [1.82, 2.24) is 4.31 Å². The maximum absolute atomic E-state index is 13.5. The molecule has 0 N–H and O–H groups in total. The fraction of sp³-hybridized carbons (Fsp3) is 0.417. The van der Waals surface area contributed by atoms with Crippen LogP contribution in [-0.2, 0) is 20.5 Å². The molecule has 1 aliphatic rings. The molecule has 1 atom stereocenters. The minimum absolute atomic E-state index is 0.0123. The van der Waals surface area contributed by atoms with Crippen LogP contribution in [0.4, 0.5) is 8.78 Å². The molecule has 1 heterocycles. The minimum atomic E-state index is -3.86. The average Bonchev–Trinajstić information content (AvgIpc) is 2.42. The highest BCUT2D eigenvalue weighted by Crippen LogP contribution is 2.19. The molecule has 108 valence electrons. The number of rotatable bonds is 3. The topological polar surface area (TPSA) is 70.4 Å². The van der Waals surface area contributed by atoms with Crippen molar-refractivity contribution in [2.45, 2.75) is 11.8 Å². The Morgan fingerprint density at radius 1 is 1.45 bits per heavy atom. The SMILES string of the molecule is N#C[C@H]1COCCN1S(=O)(=O)Cc1ccc(F)cc1F. The van der Waals surface area contributed by atoms with Crippen LogP contribution in [0.1, 0.15) is 5.56 Å². The van der Waals surface area contributed by atoms with Gasteiger partial charge in [0.2, 0.25) is 10.0 Å². The molecule has 0 aromatic heterocycles. The molecule has 1 saturated heterocycles. The Morgan fingerprint density at radius 3 is 2.85 bits per heavy atom. The standard InChI is InChI=1S/C12H12F2N2O3S/c13-10-2-1-9(12(14)5-10)8-20(17,18)16-3-4-19-7-11(16)6-15/h1-2,5,11H,3-4,7-8H2/t11-/m0/s1. The number of hydrogen-bond acceptors (Lipinski definition) is 4. The molecule has 20 heavy (non-hydrogen) atoms. The molecule has 0 amide bonds. The van der Waals surface area contributed by atoms with Gasteiger partial charge < -0.3 is 4.74 Å². The van der Waals surface area contributed by atoms with Crippen molar-refractivity contribution in [3.05, 3.63) is 35.4 Å². The second-order valence-corrected chi connectivity index (χ2v) is 6.24. The Labute approximate surface area is 115 Å². The first-order chi connectivity index (χ1) is 9.44. The van der Waals surface area contributed by atoms with Crippen LogP contribution in [0.5, 0.6) is 0 Å². The Hall–Kier alpha value is -1.56. The van der Waals surface area contributed by atoms with Crippen LogP contribution < -0.4 is 0 Å². The van der Waals surface area contributed by atoms with Crippen molar-refractivity contribution < 1.29 is 21.9 Å². The maximum atomic E-state index is 13.5. The number of benzene rings is 1. The maximum Gasteiger partial charge on any atom is 0.219 e. The average molecular weight is 302 g/mol. The summed E-state index contributed by atoms with van der Waals surface area (Å²) in [7, 11) is -3.86. The van der Waals surface area contributed by atoms with Gasteiger partial charge in [-0.2, -0.15) is 9.57 Å². The zero-order chi connectivity index (χ0) is 14.8. The molecule has 0 saturated carbocycles. The number of nitrogens with zero attached hydrogens (tertiary/aromatic N) is 2. The van der Waals surface area contributed by atoms with Gasteiger partial charge >= 0.3 is 0 Å². The fourth-order valence-electron chi connectivity index (χ4n) is 1.94. The smallest absolute Gasteiger partial charge is 0.219 e. The van der Waals surface area contributed by atoms with Crippen LogP contribution in [-0.4, -0.2) is 38.5 Å². The predicted molar refractivity (Wildman–Crippen MR) is 65.9 cm³/mol. The molecule has 0 aliphatic carbocycles. The van der Waals surface area contributed by atoms with Crippen molar-refractivity contribution in [1.29, 1.82) is 5.26 Å². The summed E-state index contributed by atoms with van der Waals surface area (Å²) < 4.78 is 56.8. The van der Waals surface area contributed by atoms with Crippen LogP contribution >= 0.6 is 0 Å². The van der Waals surface area contributed by atoms with Gasteiger partial charge in [0.15, 0.2) is 0 Å². The van der Waals surface area contributed by atoms with Crippen LogP contribution in [0.3, 0.4) is 0 Å². The van der Waals surface area contributed by atoms with Gasteiger partial charge in [-0.15, -0.1) is 0 Å². The Kier molecular flexibility index (Phi) is 4.32. The summed E-state index contributed by atoms with van der Waals surface area (Å²) in [6, 6.07) is 3.63. The molecule has 0 unspecified atom stereocenters. The van der Waals surface area contributed by atoms with E-state index >= 15 is 0 Å². The Morgan fingerprint density at radius 2 is 2.20 bits per heavy atom. The number of ether oxygens (including phenoxy) is 1. The first-order valence-corrected chi connectivity index (χ1v) is 7.46. The zero-order valence-electron chi connectivity index (χ0n) is 10.4. The number of sulfonamides is 1. The summed E-state index contributed by atoms with van der Waals surface area (Å²) in [5.41, 5.74) is -0.130. The highest BCUT2D eigenvalue weighted by molar-refractivity contribution is 7.88. The van der Waals surface area contributed by atoms with Gasteiger partial charge in [-0.3, -0.25) is 0 Å². The molecular formula is C12H12F2N2O3S. The van der Waals surface area contributed by atoms with Gasteiger partial charge in [0.05, 0.1) is 25.0 Å². The lowest BCUT2D eigenvalue weighted by Gasteiger charge is -2.30. The van der Waals surface area contributed by atoms with Crippen LogP contribution in [0, 0.1) is 23.0 Å². The van der Waals surface area contributed by atoms with Gasteiger partial charge in [-0.1, -0.05) is 6.07 Å². The summed E-state index contributed by atoms with van der Waals surface area (Å²) >= 11 is 0. The van der Waals surface area contributed by atoms with Crippen LogP contribution in [0.2, 0.25) is 0 Å². The second kappa shape index (κ2) is 5.83. The van der Waals surface area contributed by atoms with E-state index in [1.807, 2.05) is 6.07 Å². The largest absolute Gasteiger partial charge is 0.377 e. The first-order valence-electron chi connectivity index (χ1n) is 5.85. The quantitative estimate of drug-likeness (QED) is 0.836. The fourth-order valence-corrected chi connectivity index (χ4v) is 3.58. The minimum Gasteiger partial charge on any atom is -0.377 e. The molecule has 0 bridgehead atoms. The van der Waals surface area contributed by atoms with Gasteiger partial charge in [0.1, 0.15) is 17.7 Å². The monoisotopic (exact) mass is 302 g/mol. The van der Waals surface area contributed by atoms with E-state index in [0.29, 0.717) is 6.07 Å². The van der Waals surface area contributed by atoms with E-state index in [9.17, 15) is 17.2 Å². The van der Waals surface area contributed by atoms with Crippen molar-refractivity contribution >= 4 is 10.0 Å². The lowest BCUT2D eigenvalue weighted by atomic mass is 10.2. The lowest BCUT2D eigenvalue weighted by molar-refractivity contribution is 0.0511. The molecule has 1 aliphatic heterocycles. The molecule has 5 nitrogen and oxygen atoms in total. The van der Waals surface area contributed by atoms with E-state index in [0.717, 1.165) is 16.4 Å². The summed E-state index contributed by atoms with van der Waals surface area (Å²) in [5, 5.41) is 8.92. The zero-order valence-corrected chi connectivity index (χ0v) is 11.2. The third kappa shape index (κ3) is 3.12. The third-order valence-electron chi connectivity index (χ3n) is 2.94. The highest BCUT2D eigenvalue weighted by Gasteiger charge is 2.33. The normalized spacial score (nSPS) is 20.6. The van der Waals surface area contributed by atoms with E-state index in [-0.39, 0.29) is 25.3 Å². The molecule has 8 heteroatoms. The van der Waals surface area contributed by atoms with Gasteiger partial charge in [-0.05, 0) is 6.07 Å². The number of nitriles is 1. The van der Waals surface area contributed by atoms with Crippen molar-refractivity contribution in [2.24, 2.45) is 0 Å². The van der Waals surface area contributed by atoms with Crippen molar-refractivity contribution in [3.63, 3.8) is 0 Å². The Bertz CT molecular complexity index is 643. The van der Waals surface area contributed by atoms with E-state index in [1.165, 1.54) is 0 Å². The predicted octanol–water partition coefficient (Wildman–Crippen LogP) is 1.02. The van der Waals surface area contributed by atoms with Gasteiger partial charge in [0.25, 0.3) is 0 Å². The number of hydrogen-bond donors (Lipinski definition) is 0. The molecular weight excluding hydrogens is 290 g/mol. The molecule has 0 spiro atoms. The number of morpholine rings is 1. The van der Waals surface area contributed by atoms with E-state index in [2.05, 4.69) is 0 Å².